The van der Waals surface area contributed by atoms with E-state index < -0.39 is 11.4 Å². The van der Waals surface area contributed by atoms with Crippen molar-refractivity contribution in [1.29, 1.82) is 0 Å². The molecule has 1 aromatic carbocycles. The number of aryl methyl sites for hydroxylation is 1. The summed E-state index contributed by atoms with van der Waals surface area (Å²) in [6, 6.07) is 6.06. The van der Waals surface area contributed by atoms with Crippen molar-refractivity contribution < 1.29 is 9.90 Å². The van der Waals surface area contributed by atoms with E-state index in [2.05, 4.69) is 26.8 Å². The normalized spacial score (nSPS) is 15.1. The van der Waals surface area contributed by atoms with Crippen molar-refractivity contribution in [3.63, 3.8) is 0 Å². The first-order valence-corrected chi connectivity index (χ1v) is 6.68. The molecule has 0 heterocycles. The van der Waals surface area contributed by atoms with Crippen molar-refractivity contribution in [3.05, 3.63) is 34.9 Å². The Bertz CT molecular complexity index is 474. The minimum Gasteiger partial charge on any atom is -0.481 e. The van der Waals surface area contributed by atoms with Crippen molar-refractivity contribution in [2.45, 2.75) is 51.9 Å². The van der Waals surface area contributed by atoms with E-state index in [1.165, 1.54) is 5.56 Å². The molecule has 106 valence electrons. The number of benzene rings is 1. The van der Waals surface area contributed by atoms with Gasteiger partial charge in [-0.3, -0.25) is 4.79 Å². The maximum Gasteiger partial charge on any atom is 0.313 e. The number of hydrogen-bond acceptors (Lipinski definition) is 2. The number of carbonyl (C=O) groups is 1. The Labute approximate surface area is 115 Å². The predicted molar refractivity (Wildman–Crippen MR) is 78.5 cm³/mol. The van der Waals surface area contributed by atoms with Gasteiger partial charge in [-0.2, -0.15) is 0 Å². The van der Waals surface area contributed by atoms with Crippen LogP contribution in [-0.4, -0.2) is 17.6 Å². The van der Waals surface area contributed by atoms with E-state index in [9.17, 15) is 9.90 Å². The molecule has 3 nitrogen and oxygen atoms in total. The van der Waals surface area contributed by atoms with Gasteiger partial charge in [-0.15, -0.1) is 0 Å². The van der Waals surface area contributed by atoms with E-state index in [1.807, 2.05) is 19.1 Å². The largest absolute Gasteiger partial charge is 0.481 e. The minimum absolute atomic E-state index is 0.0663. The van der Waals surface area contributed by atoms with Gasteiger partial charge in [0.25, 0.3) is 0 Å². The number of carboxylic acid groups (broad SMARTS) is 1. The van der Waals surface area contributed by atoms with E-state index in [0.29, 0.717) is 13.0 Å². The lowest BCUT2D eigenvalue weighted by molar-refractivity contribution is -0.143. The van der Waals surface area contributed by atoms with Crippen LogP contribution in [0.25, 0.3) is 0 Å². The van der Waals surface area contributed by atoms with E-state index >= 15 is 0 Å². The van der Waals surface area contributed by atoms with Crippen LogP contribution in [-0.2, 0) is 15.6 Å². The molecule has 0 fully saturated rings. The van der Waals surface area contributed by atoms with Crippen molar-refractivity contribution in [3.8, 4) is 0 Å². The van der Waals surface area contributed by atoms with Crippen LogP contribution < -0.4 is 5.73 Å². The second-order valence-corrected chi connectivity index (χ2v) is 6.46. The molecule has 3 heteroatoms. The first-order valence-electron chi connectivity index (χ1n) is 6.68. The summed E-state index contributed by atoms with van der Waals surface area (Å²) in [7, 11) is 0. The Hall–Kier alpha value is -1.35. The molecule has 19 heavy (non-hydrogen) atoms. The van der Waals surface area contributed by atoms with Gasteiger partial charge < -0.3 is 10.8 Å². The highest BCUT2D eigenvalue weighted by atomic mass is 16.4. The number of nitrogens with two attached hydrogens (primary N) is 1. The van der Waals surface area contributed by atoms with E-state index in [1.54, 1.807) is 6.92 Å². The highest BCUT2D eigenvalue weighted by molar-refractivity contribution is 5.81. The van der Waals surface area contributed by atoms with E-state index in [0.717, 1.165) is 11.1 Å². The number of rotatable bonds is 4. The Morgan fingerprint density at radius 1 is 1.26 bits per heavy atom. The van der Waals surface area contributed by atoms with Crippen LogP contribution in [0.2, 0.25) is 0 Å². The van der Waals surface area contributed by atoms with E-state index in [4.69, 9.17) is 5.73 Å². The second-order valence-electron chi connectivity index (χ2n) is 6.46. The molecule has 0 radical (unpaired) electrons. The minimum atomic E-state index is -0.907. The zero-order chi connectivity index (χ0) is 14.8. The standard InChI is InChI=1S/C16H25NO2/c1-11-10-12(15(2,3)4)6-7-13(11)16(5,8-9-17)14(18)19/h6-7,10H,8-9,17H2,1-5H3,(H,18,19). The van der Waals surface area contributed by atoms with Crippen LogP contribution >= 0.6 is 0 Å². The molecule has 1 atom stereocenters. The molecule has 0 aromatic heterocycles. The van der Waals surface area contributed by atoms with Gasteiger partial charge in [0.1, 0.15) is 0 Å². The summed E-state index contributed by atoms with van der Waals surface area (Å²) in [6.45, 7) is 10.5. The number of aliphatic carboxylic acids is 1. The Morgan fingerprint density at radius 2 is 1.84 bits per heavy atom. The molecule has 1 aromatic rings. The number of hydrogen-bond donors (Lipinski definition) is 2. The van der Waals surface area contributed by atoms with Gasteiger partial charge in [-0.1, -0.05) is 39.0 Å². The summed E-state index contributed by atoms with van der Waals surface area (Å²) < 4.78 is 0. The zero-order valence-electron chi connectivity index (χ0n) is 12.6. The fourth-order valence-corrected chi connectivity index (χ4v) is 2.39. The molecule has 1 rings (SSSR count). The van der Waals surface area contributed by atoms with Crippen molar-refractivity contribution in [2.75, 3.05) is 6.54 Å². The molecule has 0 saturated carbocycles. The summed E-state index contributed by atoms with van der Waals surface area (Å²) in [6.07, 6.45) is 0.442. The van der Waals surface area contributed by atoms with Gasteiger partial charge in [0, 0.05) is 0 Å². The van der Waals surface area contributed by atoms with Crippen molar-refractivity contribution in [1.82, 2.24) is 0 Å². The maximum absolute atomic E-state index is 11.6. The van der Waals surface area contributed by atoms with Gasteiger partial charge in [0.05, 0.1) is 5.41 Å². The Morgan fingerprint density at radius 3 is 2.21 bits per heavy atom. The summed E-state index contributed by atoms with van der Waals surface area (Å²) in [5.41, 5.74) is 7.83. The summed E-state index contributed by atoms with van der Waals surface area (Å²) in [5, 5.41) is 9.52. The van der Waals surface area contributed by atoms with Gasteiger partial charge >= 0.3 is 5.97 Å². The van der Waals surface area contributed by atoms with Crippen LogP contribution in [0.3, 0.4) is 0 Å². The second kappa shape index (κ2) is 5.33. The number of carboxylic acids is 1. The van der Waals surface area contributed by atoms with Gasteiger partial charge in [-0.25, -0.2) is 0 Å². The van der Waals surface area contributed by atoms with Crippen LogP contribution in [0.15, 0.2) is 18.2 Å². The molecule has 0 aliphatic rings. The highest BCUT2D eigenvalue weighted by Crippen LogP contribution is 2.33. The zero-order valence-corrected chi connectivity index (χ0v) is 12.6. The quantitative estimate of drug-likeness (QED) is 0.877. The lowest BCUT2D eigenvalue weighted by Crippen LogP contribution is -2.35. The molecule has 0 saturated heterocycles. The van der Waals surface area contributed by atoms with Crippen LogP contribution in [0.5, 0.6) is 0 Å². The fourth-order valence-electron chi connectivity index (χ4n) is 2.39. The molecule has 0 aliphatic carbocycles. The molecule has 0 aliphatic heterocycles. The SMILES string of the molecule is Cc1cc(C(C)(C)C)ccc1C(C)(CCN)C(=O)O. The van der Waals surface area contributed by atoms with Crippen molar-refractivity contribution >= 4 is 5.97 Å². The lowest BCUT2D eigenvalue weighted by Gasteiger charge is -2.28. The molecule has 0 amide bonds. The molecule has 1 unspecified atom stereocenters. The molecular weight excluding hydrogens is 238 g/mol. The van der Waals surface area contributed by atoms with Crippen LogP contribution in [0.4, 0.5) is 0 Å². The fraction of sp³-hybridized carbons (Fsp3) is 0.562. The van der Waals surface area contributed by atoms with Gasteiger partial charge in [0.2, 0.25) is 0 Å². The lowest BCUT2D eigenvalue weighted by atomic mass is 9.75. The highest BCUT2D eigenvalue weighted by Gasteiger charge is 2.35. The molecular formula is C16H25NO2. The maximum atomic E-state index is 11.6. The average Bonchev–Trinajstić information content (AvgIpc) is 2.27. The molecule has 0 bridgehead atoms. The topological polar surface area (TPSA) is 63.3 Å². The molecule has 0 spiro atoms. The summed E-state index contributed by atoms with van der Waals surface area (Å²) >= 11 is 0. The van der Waals surface area contributed by atoms with Gasteiger partial charge in [0.15, 0.2) is 0 Å². The Kier molecular flexibility index (Phi) is 4.41. The average molecular weight is 263 g/mol. The first kappa shape index (κ1) is 15.7. The third-order valence-electron chi connectivity index (χ3n) is 3.80. The first-order chi connectivity index (χ1) is 8.63. The summed E-state index contributed by atoms with van der Waals surface area (Å²) in [5.74, 6) is -0.815. The van der Waals surface area contributed by atoms with Crippen LogP contribution in [0, 0.1) is 6.92 Å². The third-order valence-corrected chi connectivity index (χ3v) is 3.80. The Balaban J connectivity index is 3.32. The monoisotopic (exact) mass is 263 g/mol. The molecule has 3 N–H and O–H groups in total. The smallest absolute Gasteiger partial charge is 0.313 e. The van der Waals surface area contributed by atoms with Gasteiger partial charge in [-0.05, 0) is 48.9 Å². The van der Waals surface area contributed by atoms with Crippen LogP contribution in [0.1, 0.15) is 50.8 Å². The van der Waals surface area contributed by atoms with Crippen molar-refractivity contribution in [2.24, 2.45) is 5.73 Å². The summed E-state index contributed by atoms with van der Waals surface area (Å²) in [4.78, 5) is 11.6. The van der Waals surface area contributed by atoms with E-state index in [-0.39, 0.29) is 5.41 Å². The third kappa shape index (κ3) is 3.16. The predicted octanol–water partition coefficient (Wildman–Crippen LogP) is 2.98.